The van der Waals surface area contributed by atoms with Crippen LogP contribution < -0.4 is 0 Å². The molecule has 0 aromatic rings. The first kappa shape index (κ1) is 16.7. The molecule has 3 fully saturated rings. The number of methoxy groups -OCH3 is 1. The molecule has 0 radical (unpaired) electrons. The lowest BCUT2D eigenvalue weighted by Crippen LogP contribution is -2.61. The molecule has 2 saturated carbocycles. The number of carbonyl (C=O) groups excluding carboxylic acids is 1. The maximum Gasteiger partial charge on any atom is 0.169 e. The summed E-state index contributed by atoms with van der Waals surface area (Å²) in [5, 5.41) is 11.7. The summed E-state index contributed by atoms with van der Waals surface area (Å²) in [5.74, 6) is 0.897. The van der Waals surface area contributed by atoms with E-state index in [1.54, 1.807) is 7.11 Å². The molecule has 4 aliphatic rings. The van der Waals surface area contributed by atoms with E-state index < -0.39 is 17.1 Å². The summed E-state index contributed by atoms with van der Waals surface area (Å²) in [6.07, 6.45) is 3.98. The third-order valence-corrected chi connectivity index (χ3v) is 7.71. The Morgan fingerprint density at radius 2 is 2.00 bits per heavy atom. The molecule has 2 bridgehead atoms. The zero-order valence-corrected chi connectivity index (χ0v) is 15.3. The Morgan fingerprint density at radius 3 is 2.62 bits per heavy atom. The van der Waals surface area contributed by atoms with Gasteiger partial charge in [-0.3, -0.25) is 4.79 Å². The van der Waals surface area contributed by atoms with Crippen LogP contribution in [0.5, 0.6) is 0 Å². The van der Waals surface area contributed by atoms with E-state index in [4.69, 9.17) is 9.47 Å². The fraction of sp³-hybridized carbons (Fsp3) is 0.850. The van der Waals surface area contributed by atoms with Crippen molar-refractivity contribution < 1.29 is 19.4 Å². The molecular weight excluding hydrogens is 304 g/mol. The fourth-order valence-electron chi connectivity index (χ4n) is 6.04. The van der Waals surface area contributed by atoms with Crippen LogP contribution in [0.4, 0.5) is 0 Å². The smallest absolute Gasteiger partial charge is 0.169 e. The third kappa shape index (κ3) is 2.06. The lowest BCUT2D eigenvalue weighted by molar-refractivity contribution is -0.199. The SMILES string of the molecule is COC1C(=O)C2CCC3OCC3C2CC2(O)CCC(C)=C1C2(C)C. The molecule has 4 nitrogen and oxygen atoms in total. The molecule has 1 saturated heterocycles. The van der Waals surface area contributed by atoms with Gasteiger partial charge in [0.25, 0.3) is 0 Å². The van der Waals surface area contributed by atoms with Crippen LogP contribution in [-0.4, -0.2) is 42.4 Å². The molecule has 0 amide bonds. The molecule has 1 aliphatic heterocycles. The van der Waals surface area contributed by atoms with Crippen molar-refractivity contribution >= 4 is 5.78 Å². The van der Waals surface area contributed by atoms with Gasteiger partial charge in [0, 0.05) is 24.4 Å². The fourth-order valence-corrected chi connectivity index (χ4v) is 6.04. The Hall–Kier alpha value is -0.710. The number of carbonyl (C=O) groups is 1. The van der Waals surface area contributed by atoms with Gasteiger partial charge in [0.1, 0.15) is 6.10 Å². The van der Waals surface area contributed by atoms with Crippen molar-refractivity contribution in [2.24, 2.45) is 23.2 Å². The minimum Gasteiger partial charge on any atom is -0.389 e. The van der Waals surface area contributed by atoms with E-state index in [0.717, 1.165) is 37.9 Å². The molecule has 0 aromatic carbocycles. The molecular formula is C20H30O4. The van der Waals surface area contributed by atoms with Crippen molar-refractivity contribution in [3.05, 3.63) is 11.1 Å². The number of hydrogen-bond acceptors (Lipinski definition) is 4. The largest absolute Gasteiger partial charge is 0.389 e. The summed E-state index contributed by atoms with van der Waals surface area (Å²) in [7, 11) is 1.64. The van der Waals surface area contributed by atoms with E-state index in [0.29, 0.717) is 18.4 Å². The van der Waals surface area contributed by atoms with E-state index in [1.807, 2.05) is 0 Å². The number of rotatable bonds is 1. The molecule has 6 atom stereocenters. The molecule has 0 spiro atoms. The van der Waals surface area contributed by atoms with Gasteiger partial charge >= 0.3 is 0 Å². The predicted molar refractivity (Wildman–Crippen MR) is 90.5 cm³/mol. The van der Waals surface area contributed by atoms with Gasteiger partial charge in [0.2, 0.25) is 0 Å². The Balaban J connectivity index is 1.83. The van der Waals surface area contributed by atoms with Crippen LogP contribution in [0.1, 0.15) is 52.9 Å². The molecule has 3 aliphatic carbocycles. The standard InChI is InChI=1S/C20H30O4/c1-11-7-8-20(22)9-13-12(5-6-15-14(13)10-24-15)17(21)18(23-4)16(11)19(20,2)3/h12-15,18,22H,5-10H2,1-4H3. The van der Waals surface area contributed by atoms with Crippen LogP contribution in [0, 0.1) is 23.2 Å². The number of ether oxygens (including phenoxy) is 2. The van der Waals surface area contributed by atoms with Gasteiger partial charge in [-0.15, -0.1) is 0 Å². The van der Waals surface area contributed by atoms with Crippen molar-refractivity contribution in [1.29, 1.82) is 0 Å². The number of ketones is 1. The first-order chi connectivity index (χ1) is 11.3. The highest BCUT2D eigenvalue weighted by molar-refractivity contribution is 5.89. The first-order valence-corrected chi connectivity index (χ1v) is 9.41. The molecule has 1 N–H and O–H groups in total. The Kier molecular flexibility index (Phi) is 3.76. The Labute approximate surface area is 144 Å². The number of Topliss-reactive ketones (excluding diaryl/α,β-unsaturated/α-hetero) is 1. The normalized spacial score (nSPS) is 47.2. The molecule has 1 heterocycles. The van der Waals surface area contributed by atoms with Crippen molar-refractivity contribution in [3.8, 4) is 0 Å². The summed E-state index contributed by atoms with van der Waals surface area (Å²) in [4.78, 5) is 13.4. The van der Waals surface area contributed by atoms with Gasteiger partial charge in [-0.1, -0.05) is 19.4 Å². The molecule has 4 heteroatoms. The number of hydrogen-bond donors (Lipinski definition) is 1. The maximum atomic E-state index is 13.4. The van der Waals surface area contributed by atoms with E-state index in [1.165, 1.54) is 5.57 Å². The van der Waals surface area contributed by atoms with Crippen molar-refractivity contribution in [1.82, 2.24) is 0 Å². The highest BCUT2D eigenvalue weighted by atomic mass is 16.5. The predicted octanol–water partition coefficient (Wildman–Crippen LogP) is 2.88. The van der Waals surface area contributed by atoms with Gasteiger partial charge in [-0.25, -0.2) is 0 Å². The Morgan fingerprint density at radius 1 is 1.25 bits per heavy atom. The second kappa shape index (κ2) is 5.39. The zero-order valence-electron chi connectivity index (χ0n) is 15.3. The van der Waals surface area contributed by atoms with E-state index in [9.17, 15) is 9.90 Å². The van der Waals surface area contributed by atoms with Gasteiger partial charge < -0.3 is 14.6 Å². The summed E-state index contributed by atoms with van der Waals surface area (Å²) in [6.45, 7) is 7.05. The van der Waals surface area contributed by atoms with Gasteiger partial charge in [0.15, 0.2) is 5.78 Å². The van der Waals surface area contributed by atoms with Crippen LogP contribution in [0.3, 0.4) is 0 Å². The average molecular weight is 334 g/mol. The summed E-state index contributed by atoms with van der Waals surface area (Å²) < 4.78 is 11.5. The minimum atomic E-state index is -0.764. The summed E-state index contributed by atoms with van der Waals surface area (Å²) >= 11 is 0. The van der Waals surface area contributed by atoms with E-state index in [-0.39, 0.29) is 17.6 Å². The van der Waals surface area contributed by atoms with Crippen LogP contribution in [0.25, 0.3) is 0 Å². The van der Waals surface area contributed by atoms with Gasteiger partial charge in [-0.2, -0.15) is 0 Å². The lowest BCUT2D eigenvalue weighted by atomic mass is 9.52. The topological polar surface area (TPSA) is 55.8 Å². The Bertz CT molecular complexity index is 592. The maximum absolute atomic E-state index is 13.4. The molecule has 6 unspecified atom stereocenters. The second-order valence-corrected chi connectivity index (χ2v) is 8.96. The van der Waals surface area contributed by atoms with Crippen LogP contribution in [-0.2, 0) is 14.3 Å². The van der Waals surface area contributed by atoms with Crippen molar-refractivity contribution in [2.75, 3.05) is 13.7 Å². The average Bonchev–Trinajstić information content (AvgIpc) is 2.49. The first-order valence-electron chi connectivity index (χ1n) is 9.41. The third-order valence-electron chi connectivity index (χ3n) is 7.71. The van der Waals surface area contributed by atoms with Gasteiger partial charge in [-0.05, 0) is 50.5 Å². The lowest BCUT2D eigenvalue weighted by Gasteiger charge is -2.58. The molecule has 24 heavy (non-hydrogen) atoms. The summed E-state index contributed by atoms with van der Waals surface area (Å²) in [5.41, 5.74) is 1.06. The van der Waals surface area contributed by atoms with Crippen LogP contribution >= 0.6 is 0 Å². The number of fused-ring (bicyclic) bond motifs is 5. The number of allylic oxidation sites excluding steroid dienone is 1. The molecule has 0 aromatic heterocycles. The van der Waals surface area contributed by atoms with Crippen LogP contribution in [0.2, 0.25) is 0 Å². The van der Waals surface area contributed by atoms with Crippen molar-refractivity contribution in [3.63, 3.8) is 0 Å². The summed E-state index contributed by atoms with van der Waals surface area (Å²) in [6, 6.07) is 0. The highest BCUT2D eigenvalue weighted by Gasteiger charge is 2.59. The number of aliphatic hydroxyl groups is 1. The van der Waals surface area contributed by atoms with E-state index >= 15 is 0 Å². The van der Waals surface area contributed by atoms with Crippen LogP contribution in [0.15, 0.2) is 11.1 Å². The quantitative estimate of drug-likeness (QED) is 0.749. The zero-order chi connectivity index (χ0) is 17.3. The van der Waals surface area contributed by atoms with Crippen molar-refractivity contribution in [2.45, 2.75) is 70.7 Å². The monoisotopic (exact) mass is 334 g/mol. The second-order valence-electron chi connectivity index (χ2n) is 8.96. The minimum absolute atomic E-state index is 0.00336. The molecule has 134 valence electrons. The highest BCUT2D eigenvalue weighted by Crippen LogP contribution is 2.57. The van der Waals surface area contributed by atoms with Gasteiger partial charge in [0.05, 0.1) is 18.3 Å². The molecule has 4 rings (SSSR count). The van der Waals surface area contributed by atoms with E-state index in [2.05, 4.69) is 20.8 Å².